The lowest BCUT2D eigenvalue weighted by Crippen LogP contribution is -2.30. The van der Waals surface area contributed by atoms with E-state index >= 15 is 0 Å². The highest BCUT2D eigenvalue weighted by molar-refractivity contribution is 7.10. The van der Waals surface area contributed by atoms with E-state index in [-0.39, 0.29) is 0 Å². The molecule has 0 saturated carbocycles. The number of ether oxygens (including phenoxy) is 2. The Morgan fingerprint density at radius 1 is 1.18 bits per heavy atom. The SMILES string of the molecule is C\C=C/C(OC)=C(\C=C(/C)c1nc(CCCN2CCCN(C)CC2)cs1)OC. The van der Waals surface area contributed by atoms with E-state index in [1.54, 1.807) is 25.6 Å². The summed E-state index contributed by atoms with van der Waals surface area (Å²) in [6.07, 6.45) is 9.29. The Morgan fingerprint density at radius 3 is 2.68 bits per heavy atom. The summed E-state index contributed by atoms with van der Waals surface area (Å²) in [5.74, 6) is 1.42. The Hall–Kier alpha value is -1.63. The number of rotatable bonds is 9. The number of likely N-dealkylation sites (N-methyl/N-ethyl adjacent to an activating group) is 1. The van der Waals surface area contributed by atoms with Gasteiger partial charge in [-0.15, -0.1) is 11.3 Å². The van der Waals surface area contributed by atoms with Crippen molar-refractivity contribution in [2.75, 3.05) is 54.0 Å². The number of allylic oxidation sites excluding steroid dienone is 4. The van der Waals surface area contributed by atoms with Gasteiger partial charge >= 0.3 is 0 Å². The molecule has 1 aliphatic rings. The van der Waals surface area contributed by atoms with Gasteiger partial charge in [0.15, 0.2) is 11.5 Å². The van der Waals surface area contributed by atoms with Crippen LogP contribution in [-0.4, -0.2) is 68.8 Å². The predicted octanol–water partition coefficient (Wildman–Crippen LogP) is 4.20. The van der Waals surface area contributed by atoms with Crippen molar-refractivity contribution in [2.45, 2.75) is 33.1 Å². The normalized spacial score (nSPS) is 18.2. The standard InChI is InChI=1S/C22H35N3O2S/c1-6-9-20(26-4)21(27-5)16-18(2)22-23-19(17-28-22)10-7-12-25-13-8-11-24(3)14-15-25/h6,9,16-17H,7-8,10-15H2,1-5H3/b9-6-,18-16+,21-20-. The number of aromatic nitrogens is 1. The molecule has 0 spiro atoms. The van der Waals surface area contributed by atoms with Crippen LogP contribution in [0.3, 0.4) is 0 Å². The van der Waals surface area contributed by atoms with Crippen LogP contribution in [0.2, 0.25) is 0 Å². The van der Waals surface area contributed by atoms with Crippen LogP contribution in [0.1, 0.15) is 37.4 Å². The third-order valence-electron chi connectivity index (χ3n) is 4.96. The van der Waals surface area contributed by atoms with Crippen LogP contribution in [-0.2, 0) is 15.9 Å². The fraction of sp³-hybridized carbons (Fsp3) is 0.591. The van der Waals surface area contributed by atoms with Gasteiger partial charge in [-0.3, -0.25) is 0 Å². The highest BCUT2D eigenvalue weighted by atomic mass is 32.1. The molecule has 2 heterocycles. The van der Waals surface area contributed by atoms with Gasteiger partial charge in [-0.05, 0) is 77.5 Å². The van der Waals surface area contributed by atoms with Crippen LogP contribution >= 0.6 is 11.3 Å². The first-order valence-electron chi connectivity index (χ1n) is 10.1. The molecule has 1 aromatic heterocycles. The molecular formula is C22H35N3O2S. The first-order chi connectivity index (χ1) is 13.6. The second-order valence-electron chi connectivity index (χ2n) is 7.21. The minimum absolute atomic E-state index is 0.709. The number of aryl methyl sites for hydroxylation is 1. The average molecular weight is 406 g/mol. The van der Waals surface area contributed by atoms with Gasteiger partial charge in [0.2, 0.25) is 0 Å². The molecule has 1 aromatic rings. The van der Waals surface area contributed by atoms with Gasteiger partial charge in [0, 0.05) is 18.5 Å². The number of thiazole rings is 1. The molecule has 0 radical (unpaired) electrons. The molecule has 0 atom stereocenters. The Kier molecular flexibility index (Phi) is 9.75. The largest absolute Gasteiger partial charge is 0.493 e. The summed E-state index contributed by atoms with van der Waals surface area (Å²) in [5.41, 5.74) is 2.27. The first-order valence-corrected chi connectivity index (χ1v) is 10.9. The highest BCUT2D eigenvalue weighted by Crippen LogP contribution is 2.23. The maximum atomic E-state index is 5.50. The molecule has 0 amide bonds. The number of methoxy groups -OCH3 is 2. The van der Waals surface area contributed by atoms with Gasteiger partial charge in [0.25, 0.3) is 0 Å². The van der Waals surface area contributed by atoms with Crippen molar-refractivity contribution >= 4 is 16.9 Å². The Bertz CT molecular complexity index is 694. The van der Waals surface area contributed by atoms with E-state index in [9.17, 15) is 0 Å². The predicted molar refractivity (Wildman–Crippen MR) is 118 cm³/mol. The van der Waals surface area contributed by atoms with Crippen molar-refractivity contribution in [3.05, 3.63) is 45.8 Å². The fourth-order valence-corrected chi connectivity index (χ4v) is 4.13. The molecule has 1 fully saturated rings. The molecule has 0 N–H and O–H groups in total. The van der Waals surface area contributed by atoms with Crippen LogP contribution in [0.25, 0.3) is 5.57 Å². The summed E-state index contributed by atoms with van der Waals surface area (Å²) >= 11 is 1.70. The molecular weight excluding hydrogens is 370 g/mol. The van der Waals surface area contributed by atoms with E-state index in [0.29, 0.717) is 11.5 Å². The second kappa shape index (κ2) is 12.0. The summed E-state index contributed by atoms with van der Waals surface area (Å²) in [6, 6.07) is 0. The summed E-state index contributed by atoms with van der Waals surface area (Å²) in [7, 11) is 5.53. The van der Waals surface area contributed by atoms with Crippen molar-refractivity contribution in [3.63, 3.8) is 0 Å². The topological polar surface area (TPSA) is 37.8 Å². The van der Waals surface area contributed by atoms with E-state index in [0.717, 1.165) is 30.0 Å². The van der Waals surface area contributed by atoms with Crippen molar-refractivity contribution in [1.29, 1.82) is 0 Å². The third kappa shape index (κ3) is 7.08. The van der Waals surface area contributed by atoms with Crippen molar-refractivity contribution in [3.8, 4) is 0 Å². The zero-order chi connectivity index (χ0) is 20.4. The van der Waals surface area contributed by atoms with E-state index in [1.165, 1.54) is 38.3 Å². The molecule has 1 saturated heterocycles. The van der Waals surface area contributed by atoms with Crippen molar-refractivity contribution in [1.82, 2.24) is 14.8 Å². The van der Waals surface area contributed by atoms with Gasteiger partial charge in [-0.25, -0.2) is 4.98 Å². The molecule has 2 rings (SSSR count). The van der Waals surface area contributed by atoms with Gasteiger partial charge in [0.1, 0.15) is 5.01 Å². The lowest BCUT2D eigenvalue weighted by atomic mass is 10.2. The monoisotopic (exact) mass is 405 g/mol. The van der Waals surface area contributed by atoms with E-state index in [2.05, 4.69) is 29.2 Å². The van der Waals surface area contributed by atoms with E-state index in [4.69, 9.17) is 14.5 Å². The highest BCUT2D eigenvalue weighted by Gasteiger charge is 2.12. The minimum Gasteiger partial charge on any atom is -0.493 e. The molecule has 5 nitrogen and oxygen atoms in total. The van der Waals surface area contributed by atoms with Crippen LogP contribution in [0.4, 0.5) is 0 Å². The smallest absolute Gasteiger partial charge is 0.161 e. The van der Waals surface area contributed by atoms with E-state index in [1.807, 2.05) is 25.2 Å². The lowest BCUT2D eigenvalue weighted by Gasteiger charge is -2.19. The van der Waals surface area contributed by atoms with Crippen LogP contribution in [0.5, 0.6) is 0 Å². The van der Waals surface area contributed by atoms with Gasteiger partial charge in [-0.1, -0.05) is 6.08 Å². The molecule has 0 bridgehead atoms. The van der Waals surface area contributed by atoms with E-state index < -0.39 is 0 Å². The quantitative estimate of drug-likeness (QED) is 0.455. The Morgan fingerprint density at radius 2 is 1.96 bits per heavy atom. The summed E-state index contributed by atoms with van der Waals surface area (Å²) in [6.45, 7) is 9.98. The molecule has 156 valence electrons. The van der Waals surface area contributed by atoms with Gasteiger partial charge in [0.05, 0.1) is 19.9 Å². The maximum Gasteiger partial charge on any atom is 0.161 e. The lowest BCUT2D eigenvalue weighted by molar-refractivity contribution is 0.242. The summed E-state index contributed by atoms with van der Waals surface area (Å²) in [5, 5.41) is 3.22. The molecule has 28 heavy (non-hydrogen) atoms. The van der Waals surface area contributed by atoms with Gasteiger partial charge < -0.3 is 19.3 Å². The fourth-order valence-electron chi connectivity index (χ4n) is 3.30. The molecule has 0 unspecified atom stereocenters. The maximum absolute atomic E-state index is 5.50. The van der Waals surface area contributed by atoms with Crippen LogP contribution in [0.15, 0.2) is 35.1 Å². The Labute approximate surface area is 174 Å². The van der Waals surface area contributed by atoms with Gasteiger partial charge in [-0.2, -0.15) is 0 Å². The molecule has 6 heteroatoms. The van der Waals surface area contributed by atoms with Crippen LogP contribution < -0.4 is 0 Å². The number of nitrogens with zero attached hydrogens (tertiary/aromatic N) is 3. The average Bonchev–Trinajstić information content (AvgIpc) is 3.07. The Balaban J connectivity index is 1.93. The number of hydrogen-bond acceptors (Lipinski definition) is 6. The van der Waals surface area contributed by atoms with Crippen molar-refractivity contribution < 1.29 is 9.47 Å². The summed E-state index contributed by atoms with van der Waals surface area (Å²) < 4.78 is 10.9. The molecule has 1 aliphatic heterocycles. The zero-order valence-corrected chi connectivity index (χ0v) is 18.8. The molecule has 0 aromatic carbocycles. The minimum atomic E-state index is 0.709. The zero-order valence-electron chi connectivity index (χ0n) is 18.0. The van der Waals surface area contributed by atoms with Crippen molar-refractivity contribution in [2.24, 2.45) is 0 Å². The number of hydrogen-bond donors (Lipinski definition) is 0. The summed E-state index contributed by atoms with van der Waals surface area (Å²) in [4.78, 5) is 9.84. The molecule has 0 aliphatic carbocycles. The third-order valence-corrected chi connectivity index (χ3v) is 5.98. The first kappa shape index (κ1) is 22.7. The van der Waals surface area contributed by atoms with Crippen LogP contribution in [0, 0.1) is 0 Å². The second-order valence-corrected chi connectivity index (χ2v) is 8.07.